The van der Waals surface area contributed by atoms with Crippen LogP contribution in [-0.2, 0) is 0 Å². The van der Waals surface area contributed by atoms with Gasteiger partial charge in [0.05, 0.1) is 0 Å². The number of hydrogen-bond acceptors (Lipinski definition) is 2. The van der Waals surface area contributed by atoms with Gasteiger partial charge in [-0.1, -0.05) is 12.2 Å². The van der Waals surface area contributed by atoms with Crippen LogP contribution in [0.2, 0.25) is 0 Å². The van der Waals surface area contributed by atoms with E-state index in [0.29, 0.717) is 11.8 Å². The Morgan fingerprint density at radius 2 is 1.71 bits per heavy atom. The second-order valence-electron chi connectivity index (χ2n) is 4.91. The van der Waals surface area contributed by atoms with Crippen molar-refractivity contribution < 1.29 is 4.79 Å². The third-order valence-electron chi connectivity index (χ3n) is 3.84. The van der Waals surface area contributed by atoms with E-state index in [9.17, 15) is 4.79 Å². The standard InChI is InChI=1S/C14H16N2O/c17-14(11-5-7-15-8-6-11)16-9-12-3-1-2-4-13(12)10-16/h1-2,5-8,12-13H,3-4,9-10H2/t12-,13+. The summed E-state index contributed by atoms with van der Waals surface area (Å²) in [5.74, 6) is 1.50. The Hall–Kier alpha value is -1.64. The van der Waals surface area contributed by atoms with Crippen molar-refractivity contribution in [3.05, 3.63) is 42.2 Å². The molecule has 3 rings (SSSR count). The molecule has 1 aliphatic heterocycles. The summed E-state index contributed by atoms with van der Waals surface area (Å²) < 4.78 is 0. The van der Waals surface area contributed by atoms with E-state index >= 15 is 0 Å². The van der Waals surface area contributed by atoms with Crippen LogP contribution in [0.15, 0.2) is 36.7 Å². The van der Waals surface area contributed by atoms with Gasteiger partial charge < -0.3 is 4.90 Å². The van der Waals surface area contributed by atoms with Gasteiger partial charge in [-0.15, -0.1) is 0 Å². The molecule has 1 aliphatic carbocycles. The van der Waals surface area contributed by atoms with Crippen LogP contribution in [0, 0.1) is 11.8 Å². The van der Waals surface area contributed by atoms with E-state index in [4.69, 9.17) is 0 Å². The molecular weight excluding hydrogens is 212 g/mol. The maximum absolute atomic E-state index is 12.3. The second-order valence-corrected chi connectivity index (χ2v) is 4.91. The lowest BCUT2D eigenvalue weighted by Crippen LogP contribution is -2.28. The van der Waals surface area contributed by atoms with Gasteiger partial charge in [0, 0.05) is 31.0 Å². The summed E-state index contributed by atoms with van der Waals surface area (Å²) in [6.07, 6.45) is 10.1. The number of allylic oxidation sites excluding steroid dienone is 2. The molecule has 88 valence electrons. The summed E-state index contributed by atoms with van der Waals surface area (Å²) in [4.78, 5) is 18.2. The van der Waals surface area contributed by atoms with Crippen LogP contribution in [0.4, 0.5) is 0 Å². The Kier molecular flexibility index (Phi) is 2.67. The number of rotatable bonds is 1. The van der Waals surface area contributed by atoms with Crippen molar-refractivity contribution in [1.29, 1.82) is 0 Å². The Balaban J connectivity index is 1.73. The molecule has 1 amide bonds. The largest absolute Gasteiger partial charge is 0.338 e. The molecule has 1 fully saturated rings. The fraction of sp³-hybridized carbons (Fsp3) is 0.429. The molecular formula is C14H16N2O. The lowest BCUT2D eigenvalue weighted by molar-refractivity contribution is 0.0784. The van der Waals surface area contributed by atoms with Crippen LogP contribution in [0.1, 0.15) is 23.2 Å². The Labute approximate surface area is 101 Å². The number of hydrogen-bond donors (Lipinski definition) is 0. The maximum atomic E-state index is 12.3. The number of nitrogens with zero attached hydrogens (tertiary/aromatic N) is 2. The van der Waals surface area contributed by atoms with Gasteiger partial charge >= 0.3 is 0 Å². The number of fused-ring (bicyclic) bond motifs is 1. The van der Waals surface area contributed by atoms with Gasteiger partial charge in [-0.3, -0.25) is 9.78 Å². The van der Waals surface area contributed by atoms with Crippen molar-refractivity contribution in [2.24, 2.45) is 11.8 Å². The van der Waals surface area contributed by atoms with Gasteiger partial charge in [0.25, 0.3) is 5.91 Å². The maximum Gasteiger partial charge on any atom is 0.253 e. The summed E-state index contributed by atoms with van der Waals surface area (Å²) in [7, 11) is 0. The van der Waals surface area contributed by atoms with Gasteiger partial charge in [-0.05, 0) is 36.8 Å². The second kappa shape index (κ2) is 4.32. The molecule has 1 aromatic heterocycles. The van der Waals surface area contributed by atoms with Crippen molar-refractivity contribution in [3.8, 4) is 0 Å². The summed E-state index contributed by atoms with van der Waals surface area (Å²) in [6, 6.07) is 3.59. The fourth-order valence-electron chi connectivity index (χ4n) is 2.86. The predicted molar refractivity (Wildman–Crippen MR) is 65.5 cm³/mol. The first-order valence-corrected chi connectivity index (χ1v) is 6.19. The summed E-state index contributed by atoms with van der Waals surface area (Å²) in [5.41, 5.74) is 0.756. The molecule has 0 N–H and O–H groups in total. The van der Waals surface area contributed by atoms with Crippen LogP contribution < -0.4 is 0 Å². The molecule has 0 aromatic carbocycles. The number of pyridine rings is 1. The molecule has 0 radical (unpaired) electrons. The SMILES string of the molecule is O=C(c1ccncc1)N1C[C@H]2CC=CC[C@H]2C1. The van der Waals surface area contributed by atoms with E-state index in [1.165, 1.54) is 0 Å². The highest BCUT2D eigenvalue weighted by Gasteiger charge is 2.35. The van der Waals surface area contributed by atoms with Crippen LogP contribution in [0.25, 0.3) is 0 Å². The average Bonchev–Trinajstić information content (AvgIpc) is 2.82. The molecule has 2 aliphatic rings. The van der Waals surface area contributed by atoms with Crippen molar-refractivity contribution in [2.45, 2.75) is 12.8 Å². The first-order chi connectivity index (χ1) is 8.34. The minimum atomic E-state index is 0.154. The first-order valence-electron chi connectivity index (χ1n) is 6.19. The molecule has 17 heavy (non-hydrogen) atoms. The van der Waals surface area contributed by atoms with E-state index in [1.54, 1.807) is 24.5 Å². The van der Waals surface area contributed by atoms with Gasteiger partial charge in [0.1, 0.15) is 0 Å². The number of aromatic nitrogens is 1. The van der Waals surface area contributed by atoms with Gasteiger partial charge in [0.2, 0.25) is 0 Å². The number of carbonyl (C=O) groups is 1. The zero-order valence-electron chi connectivity index (χ0n) is 9.75. The molecule has 2 heterocycles. The lowest BCUT2D eigenvalue weighted by Gasteiger charge is -2.17. The third-order valence-corrected chi connectivity index (χ3v) is 3.84. The molecule has 0 saturated carbocycles. The number of likely N-dealkylation sites (tertiary alicyclic amines) is 1. The average molecular weight is 228 g/mol. The molecule has 1 saturated heterocycles. The minimum absolute atomic E-state index is 0.154. The normalized spacial score (nSPS) is 26.9. The fourth-order valence-corrected chi connectivity index (χ4v) is 2.86. The lowest BCUT2D eigenvalue weighted by atomic mass is 9.86. The van der Waals surface area contributed by atoms with E-state index in [2.05, 4.69) is 17.1 Å². The smallest absolute Gasteiger partial charge is 0.253 e. The minimum Gasteiger partial charge on any atom is -0.338 e. The van der Waals surface area contributed by atoms with Crippen molar-refractivity contribution in [1.82, 2.24) is 9.88 Å². The molecule has 1 aromatic rings. The predicted octanol–water partition coefficient (Wildman–Crippen LogP) is 2.12. The zero-order chi connectivity index (χ0) is 11.7. The highest BCUT2D eigenvalue weighted by molar-refractivity contribution is 5.94. The Morgan fingerprint density at radius 3 is 2.29 bits per heavy atom. The molecule has 2 atom stereocenters. The van der Waals surface area contributed by atoms with E-state index in [-0.39, 0.29) is 5.91 Å². The Bertz CT molecular complexity index is 425. The first kappa shape index (κ1) is 10.5. The number of carbonyl (C=O) groups excluding carboxylic acids is 1. The van der Waals surface area contributed by atoms with Crippen LogP contribution in [0.5, 0.6) is 0 Å². The molecule has 3 nitrogen and oxygen atoms in total. The van der Waals surface area contributed by atoms with Crippen molar-refractivity contribution in [2.75, 3.05) is 13.1 Å². The molecule has 0 spiro atoms. The van der Waals surface area contributed by atoms with E-state index in [1.807, 2.05) is 4.90 Å². The van der Waals surface area contributed by atoms with Crippen LogP contribution >= 0.6 is 0 Å². The summed E-state index contributed by atoms with van der Waals surface area (Å²) in [6.45, 7) is 1.83. The summed E-state index contributed by atoms with van der Waals surface area (Å²) in [5, 5.41) is 0. The topological polar surface area (TPSA) is 33.2 Å². The van der Waals surface area contributed by atoms with Gasteiger partial charge in [-0.2, -0.15) is 0 Å². The Morgan fingerprint density at radius 1 is 1.12 bits per heavy atom. The van der Waals surface area contributed by atoms with Crippen molar-refractivity contribution in [3.63, 3.8) is 0 Å². The molecule has 0 bridgehead atoms. The molecule has 3 heteroatoms. The third kappa shape index (κ3) is 1.97. The number of amides is 1. The van der Waals surface area contributed by atoms with Crippen LogP contribution in [-0.4, -0.2) is 28.9 Å². The summed E-state index contributed by atoms with van der Waals surface area (Å²) >= 11 is 0. The highest BCUT2D eigenvalue weighted by atomic mass is 16.2. The molecule has 0 unspecified atom stereocenters. The quantitative estimate of drug-likeness (QED) is 0.690. The van der Waals surface area contributed by atoms with Crippen molar-refractivity contribution >= 4 is 5.91 Å². The van der Waals surface area contributed by atoms with Crippen LogP contribution in [0.3, 0.4) is 0 Å². The highest BCUT2D eigenvalue weighted by Crippen LogP contribution is 2.33. The zero-order valence-corrected chi connectivity index (χ0v) is 9.75. The van der Waals surface area contributed by atoms with Gasteiger partial charge in [-0.25, -0.2) is 0 Å². The van der Waals surface area contributed by atoms with Gasteiger partial charge in [0.15, 0.2) is 0 Å². The van der Waals surface area contributed by atoms with E-state index < -0.39 is 0 Å². The van der Waals surface area contributed by atoms with E-state index in [0.717, 1.165) is 31.5 Å². The monoisotopic (exact) mass is 228 g/mol.